The van der Waals surface area contributed by atoms with Gasteiger partial charge in [0.05, 0.1) is 10.9 Å². The summed E-state index contributed by atoms with van der Waals surface area (Å²) < 4.78 is 15.7. The molecule has 2 N–H and O–H groups in total. The number of phenols is 1. The summed E-state index contributed by atoms with van der Waals surface area (Å²) in [5.74, 6) is -2.20. The molecule has 0 aliphatic heterocycles. The number of aromatic hydroxyl groups is 1. The van der Waals surface area contributed by atoms with Gasteiger partial charge < -0.3 is 14.9 Å². The van der Waals surface area contributed by atoms with Crippen LogP contribution in [0.3, 0.4) is 0 Å². The first-order chi connectivity index (χ1) is 14.4. The molecule has 7 nitrogen and oxygen atoms in total. The second-order valence-corrected chi connectivity index (χ2v) is 6.68. The Morgan fingerprint density at radius 1 is 1.00 bits per heavy atom. The SMILES string of the molecule is O=C(N=c1ccn(O)cc1)C(=O)c1cn(Cc2ccc(F)cc2)c2ccc(O)cc12. The number of Topliss-reactive ketones (excluding diaryl/α,β-unsaturated/α-hetero) is 1. The first-order valence-electron chi connectivity index (χ1n) is 8.98. The highest BCUT2D eigenvalue weighted by Crippen LogP contribution is 2.27. The lowest BCUT2D eigenvalue weighted by molar-refractivity contribution is -0.114. The van der Waals surface area contributed by atoms with E-state index in [1.807, 2.05) is 0 Å². The van der Waals surface area contributed by atoms with E-state index in [2.05, 4.69) is 4.99 Å². The maximum atomic E-state index is 13.2. The fourth-order valence-electron chi connectivity index (χ4n) is 3.15. The Bertz CT molecular complexity index is 1320. The molecule has 0 saturated heterocycles. The van der Waals surface area contributed by atoms with Crippen LogP contribution in [0.15, 0.2) is 78.2 Å². The third-order valence-corrected chi connectivity index (χ3v) is 4.60. The molecule has 4 rings (SSSR count). The second kappa shape index (κ2) is 7.67. The average molecular weight is 405 g/mol. The summed E-state index contributed by atoms with van der Waals surface area (Å²) in [4.78, 5) is 29.0. The van der Waals surface area contributed by atoms with Crippen LogP contribution >= 0.6 is 0 Å². The monoisotopic (exact) mass is 405 g/mol. The number of hydrogen-bond acceptors (Lipinski definition) is 4. The standard InChI is InChI=1S/C22H16FN3O4/c23-15-3-1-14(2-4-15)12-25-13-19(18-11-17(27)5-6-20(18)25)21(28)22(29)24-16-7-9-26(30)10-8-16/h1-11,13,27,30H,12H2. The molecule has 0 atom stereocenters. The van der Waals surface area contributed by atoms with E-state index < -0.39 is 11.7 Å². The molecule has 0 spiro atoms. The van der Waals surface area contributed by atoms with Crippen molar-refractivity contribution >= 4 is 22.6 Å². The van der Waals surface area contributed by atoms with E-state index in [-0.39, 0.29) is 22.5 Å². The van der Waals surface area contributed by atoms with Gasteiger partial charge in [-0.15, -0.1) is 0 Å². The smallest absolute Gasteiger partial charge is 0.318 e. The van der Waals surface area contributed by atoms with Crippen LogP contribution < -0.4 is 5.36 Å². The predicted molar refractivity (Wildman–Crippen MR) is 106 cm³/mol. The summed E-state index contributed by atoms with van der Waals surface area (Å²) in [6.45, 7) is 0.343. The van der Waals surface area contributed by atoms with Crippen molar-refractivity contribution in [1.82, 2.24) is 9.30 Å². The van der Waals surface area contributed by atoms with Gasteiger partial charge in [0.15, 0.2) is 0 Å². The summed E-state index contributed by atoms with van der Waals surface area (Å²) >= 11 is 0. The topological polar surface area (TPSA) is 96.8 Å². The Morgan fingerprint density at radius 2 is 1.70 bits per heavy atom. The van der Waals surface area contributed by atoms with Gasteiger partial charge in [0.2, 0.25) is 0 Å². The molecule has 8 heteroatoms. The molecule has 4 aromatic rings. The minimum absolute atomic E-state index is 0.0453. The number of phenolic OH excluding ortho intramolecular Hbond substituents is 1. The van der Waals surface area contributed by atoms with Crippen molar-refractivity contribution in [2.45, 2.75) is 6.54 Å². The van der Waals surface area contributed by atoms with Gasteiger partial charge in [-0.1, -0.05) is 12.1 Å². The third kappa shape index (κ3) is 3.83. The van der Waals surface area contributed by atoms with E-state index in [1.54, 1.807) is 22.8 Å². The third-order valence-electron chi connectivity index (χ3n) is 4.60. The first kappa shape index (κ1) is 19.1. The highest BCUT2D eigenvalue weighted by Gasteiger charge is 2.21. The molecule has 0 bridgehead atoms. The van der Waals surface area contributed by atoms with E-state index in [0.717, 1.165) is 10.3 Å². The number of benzene rings is 2. The molecule has 30 heavy (non-hydrogen) atoms. The molecule has 150 valence electrons. The van der Waals surface area contributed by atoms with Gasteiger partial charge in [-0.25, -0.2) is 14.1 Å². The Hall–Kier alpha value is -4.20. The molecule has 2 aromatic carbocycles. The van der Waals surface area contributed by atoms with Crippen LogP contribution in [0.5, 0.6) is 5.75 Å². The van der Waals surface area contributed by atoms with Gasteiger partial charge in [-0.2, -0.15) is 0 Å². The van der Waals surface area contributed by atoms with E-state index in [0.29, 0.717) is 17.4 Å². The summed E-state index contributed by atoms with van der Waals surface area (Å²) in [5, 5.41) is 19.7. The highest BCUT2D eigenvalue weighted by molar-refractivity contribution is 6.45. The molecule has 0 unspecified atom stereocenters. The zero-order chi connectivity index (χ0) is 21.3. The van der Waals surface area contributed by atoms with Crippen molar-refractivity contribution < 1.29 is 24.3 Å². The molecule has 0 aliphatic rings. The average Bonchev–Trinajstić information content (AvgIpc) is 3.08. The number of pyridine rings is 1. The Balaban J connectivity index is 1.74. The van der Waals surface area contributed by atoms with Crippen LogP contribution in [-0.2, 0) is 11.3 Å². The minimum atomic E-state index is -0.977. The van der Waals surface area contributed by atoms with Crippen molar-refractivity contribution in [3.63, 3.8) is 0 Å². The lowest BCUT2D eigenvalue weighted by Gasteiger charge is -2.05. The minimum Gasteiger partial charge on any atom is -0.508 e. The Labute approximate surface area is 169 Å². The number of hydrogen-bond donors (Lipinski definition) is 2. The van der Waals surface area contributed by atoms with Crippen LogP contribution in [0.1, 0.15) is 15.9 Å². The molecule has 0 saturated carbocycles. The maximum absolute atomic E-state index is 13.2. The summed E-state index contributed by atoms with van der Waals surface area (Å²) in [5.41, 5.74) is 1.54. The van der Waals surface area contributed by atoms with E-state index in [9.17, 15) is 24.3 Å². The normalized spacial score (nSPS) is 10.8. The van der Waals surface area contributed by atoms with Crippen molar-refractivity contribution in [3.05, 3.63) is 95.5 Å². The highest BCUT2D eigenvalue weighted by atomic mass is 19.1. The summed E-state index contributed by atoms with van der Waals surface area (Å²) in [7, 11) is 0. The fourth-order valence-corrected chi connectivity index (χ4v) is 3.15. The van der Waals surface area contributed by atoms with Crippen LogP contribution in [0.2, 0.25) is 0 Å². The zero-order valence-corrected chi connectivity index (χ0v) is 15.6. The number of aromatic nitrogens is 2. The fraction of sp³-hybridized carbons (Fsp3) is 0.0455. The van der Waals surface area contributed by atoms with E-state index >= 15 is 0 Å². The quantitative estimate of drug-likeness (QED) is 0.310. The van der Waals surface area contributed by atoms with Gasteiger partial charge in [0.25, 0.3) is 5.78 Å². The van der Waals surface area contributed by atoms with Gasteiger partial charge in [0, 0.05) is 36.0 Å². The lowest BCUT2D eigenvalue weighted by atomic mass is 10.1. The van der Waals surface area contributed by atoms with E-state index in [1.165, 1.54) is 55.0 Å². The molecule has 2 aromatic heterocycles. The lowest BCUT2D eigenvalue weighted by Crippen LogP contribution is -2.16. The maximum Gasteiger partial charge on any atom is 0.318 e. The number of carbonyl (C=O) groups excluding carboxylic acids is 2. The number of ketones is 1. The van der Waals surface area contributed by atoms with Crippen molar-refractivity contribution in [1.29, 1.82) is 0 Å². The number of amides is 1. The number of carbonyl (C=O) groups is 2. The first-order valence-corrected chi connectivity index (χ1v) is 8.98. The Kier molecular flexibility index (Phi) is 4.89. The molecule has 0 fully saturated rings. The largest absolute Gasteiger partial charge is 0.508 e. The van der Waals surface area contributed by atoms with Crippen molar-refractivity contribution in [3.8, 4) is 5.75 Å². The van der Waals surface area contributed by atoms with E-state index in [4.69, 9.17) is 0 Å². The van der Waals surface area contributed by atoms with Crippen LogP contribution in [0.4, 0.5) is 4.39 Å². The number of halogens is 1. The Morgan fingerprint density at radius 3 is 2.40 bits per heavy atom. The number of fused-ring (bicyclic) bond motifs is 1. The molecule has 0 radical (unpaired) electrons. The van der Waals surface area contributed by atoms with Gasteiger partial charge in [0.1, 0.15) is 11.6 Å². The van der Waals surface area contributed by atoms with Gasteiger partial charge in [-0.05, 0) is 48.0 Å². The van der Waals surface area contributed by atoms with Gasteiger partial charge in [-0.3, -0.25) is 9.59 Å². The molecule has 0 aliphatic carbocycles. The molecule has 1 amide bonds. The molecular weight excluding hydrogens is 389 g/mol. The zero-order valence-electron chi connectivity index (χ0n) is 15.6. The number of rotatable bonds is 4. The second-order valence-electron chi connectivity index (χ2n) is 6.68. The summed E-state index contributed by atoms with van der Waals surface area (Å²) in [6.07, 6.45) is 4.09. The van der Waals surface area contributed by atoms with Crippen LogP contribution in [-0.4, -0.2) is 31.3 Å². The van der Waals surface area contributed by atoms with Crippen molar-refractivity contribution in [2.24, 2.45) is 4.99 Å². The van der Waals surface area contributed by atoms with Crippen LogP contribution in [0, 0.1) is 5.82 Å². The predicted octanol–water partition coefficient (Wildman–Crippen LogP) is 2.88. The molecule has 2 heterocycles. The summed E-state index contributed by atoms with van der Waals surface area (Å²) in [6, 6.07) is 13.3. The van der Waals surface area contributed by atoms with Crippen molar-refractivity contribution in [2.75, 3.05) is 0 Å². The molecular formula is C22H16FN3O4. The van der Waals surface area contributed by atoms with Crippen LogP contribution in [0.25, 0.3) is 10.9 Å². The van der Waals surface area contributed by atoms with Gasteiger partial charge >= 0.3 is 5.91 Å². The number of nitrogens with zero attached hydrogens (tertiary/aromatic N) is 3.